The molecule has 96 valence electrons. The van der Waals surface area contributed by atoms with Crippen LogP contribution in [0, 0.1) is 0 Å². The van der Waals surface area contributed by atoms with Crippen LogP contribution in [0.2, 0.25) is 0 Å². The minimum Gasteiger partial charge on any atom is -0.458 e. The number of benzene rings is 1. The molecule has 3 rings (SSSR count). The number of hydrogen-bond donors (Lipinski definition) is 1. The smallest absolute Gasteiger partial charge is 0.357 e. The number of nitrogens with zero attached hydrogens (tertiary/aromatic N) is 1. The molecule has 4 heteroatoms. The number of carbonyl (C=O) groups excluding carboxylic acids is 1. The number of nitrogens with one attached hydrogen (secondary N) is 1. The Bertz CT molecular complexity index is 759. The lowest BCUT2D eigenvalue weighted by molar-refractivity contribution is 0.0371. The summed E-state index contributed by atoms with van der Waals surface area (Å²) in [7, 11) is 0. The highest BCUT2D eigenvalue weighted by atomic mass is 16.5. The molecule has 0 atom stereocenters. The van der Waals surface area contributed by atoms with E-state index in [0.717, 1.165) is 21.8 Å². The average molecular weight is 254 g/mol. The molecule has 0 saturated heterocycles. The van der Waals surface area contributed by atoms with Gasteiger partial charge in [0.25, 0.3) is 0 Å². The molecule has 0 fully saturated rings. The van der Waals surface area contributed by atoms with Gasteiger partial charge in [-0.3, -0.25) is 0 Å². The maximum atomic E-state index is 11.9. The molecule has 2 heterocycles. The summed E-state index contributed by atoms with van der Waals surface area (Å²) in [5, 5.41) is 2.07. The van der Waals surface area contributed by atoms with Crippen molar-refractivity contribution in [2.45, 2.75) is 20.0 Å². The van der Waals surface area contributed by atoms with Gasteiger partial charge in [0.2, 0.25) is 0 Å². The molecule has 0 aliphatic rings. The van der Waals surface area contributed by atoms with E-state index >= 15 is 0 Å². The molecule has 1 aromatic carbocycles. The van der Waals surface area contributed by atoms with Crippen LogP contribution in [0.4, 0.5) is 0 Å². The topological polar surface area (TPSA) is 55.0 Å². The molecule has 3 aromatic rings. The van der Waals surface area contributed by atoms with Crippen LogP contribution in [-0.4, -0.2) is 22.0 Å². The standard InChI is InChI=1S/C15H14N2O2/c1-9(2)19-15(18)13-7-11-10-5-3-4-6-12(10)17-14(11)8-16-13/h3-9,17H,1-2H3. The normalized spacial score (nSPS) is 11.3. The second kappa shape index (κ2) is 4.39. The Morgan fingerprint density at radius 2 is 2.00 bits per heavy atom. The Labute approximate surface area is 110 Å². The SMILES string of the molecule is CC(C)OC(=O)c1cc2c(cn1)[nH]c1ccccc12. The van der Waals surface area contributed by atoms with Crippen LogP contribution in [0.5, 0.6) is 0 Å². The van der Waals surface area contributed by atoms with Crippen LogP contribution in [0.25, 0.3) is 21.8 Å². The largest absolute Gasteiger partial charge is 0.458 e. The first-order valence-electron chi connectivity index (χ1n) is 6.22. The van der Waals surface area contributed by atoms with Gasteiger partial charge < -0.3 is 9.72 Å². The molecule has 0 aliphatic heterocycles. The van der Waals surface area contributed by atoms with Crippen molar-refractivity contribution in [3.05, 3.63) is 42.2 Å². The number of pyridine rings is 1. The van der Waals surface area contributed by atoms with Crippen LogP contribution in [0.1, 0.15) is 24.3 Å². The Kier molecular flexibility index (Phi) is 2.71. The number of para-hydroxylation sites is 1. The quantitative estimate of drug-likeness (QED) is 0.714. The van der Waals surface area contributed by atoms with Crippen LogP contribution in [0.15, 0.2) is 36.5 Å². The molecule has 0 radical (unpaired) electrons. The van der Waals surface area contributed by atoms with E-state index in [2.05, 4.69) is 9.97 Å². The molecule has 0 bridgehead atoms. The highest BCUT2D eigenvalue weighted by molar-refractivity contribution is 6.08. The molecule has 0 spiro atoms. The van der Waals surface area contributed by atoms with Gasteiger partial charge in [0.1, 0.15) is 5.69 Å². The van der Waals surface area contributed by atoms with Gasteiger partial charge >= 0.3 is 5.97 Å². The minimum absolute atomic E-state index is 0.145. The third-order valence-corrected chi connectivity index (χ3v) is 2.94. The molecular formula is C15H14N2O2. The fourth-order valence-electron chi connectivity index (χ4n) is 2.14. The number of ether oxygens (including phenoxy) is 1. The van der Waals surface area contributed by atoms with E-state index < -0.39 is 0 Å². The molecule has 1 N–H and O–H groups in total. The van der Waals surface area contributed by atoms with Gasteiger partial charge in [-0.15, -0.1) is 0 Å². The van der Waals surface area contributed by atoms with Gasteiger partial charge in [-0.1, -0.05) is 18.2 Å². The van der Waals surface area contributed by atoms with Crippen molar-refractivity contribution >= 4 is 27.8 Å². The highest BCUT2D eigenvalue weighted by Crippen LogP contribution is 2.25. The summed E-state index contributed by atoms with van der Waals surface area (Å²) < 4.78 is 5.16. The summed E-state index contributed by atoms with van der Waals surface area (Å²) in [6, 6.07) is 9.74. The van der Waals surface area contributed by atoms with Gasteiger partial charge in [-0.05, 0) is 26.0 Å². The molecular weight excluding hydrogens is 240 g/mol. The highest BCUT2D eigenvalue weighted by Gasteiger charge is 2.13. The monoisotopic (exact) mass is 254 g/mol. The van der Waals surface area contributed by atoms with Crippen LogP contribution in [0.3, 0.4) is 0 Å². The minimum atomic E-state index is -0.387. The average Bonchev–Trinajstić information content (AvgIpc) is 2.75. The molecule has 19 heavy (non-hydrogen) atoms. The Morgan fingerprint density at radius 1 is 1.21 bits per heavy atom. The molecule has 0 amide bonds. The number of carbonyl (C=O) groups is 1. The van der Waals surface area contributed by atoms with Crippen molar-refractivity contribution in [2.24, 2.45) is 0 Å². The number of fused-ring (bicyclic) bond motifs is 3. The number of aromatic nitrogens is 2. The van der Waals surface area contributed by atoms with Crippen molar-refractivity contribution in [3.63, 3.8) is 0 Å². The molecule has 0 saturated carbocycles. The van der Waals surface area contributed by atoms with Crippen LogP contribution < -0.4 is 0 Å². The zero-order chi connectivity index (χ0) is 13.4. The van der Waals surface area contributed by atoms with Crippen LogP contribution in [-0.2, 0) is 4.74 Å². The van der Waals surface area contributed by atoms with Gasteiger partial charge in [0.05, 0.1) is 17.8 Å². The molecule has 0 unspecified atom stereocenters. The third kappa shape index (κ3) is 2.05. The predicted molar refractivity (Wildman–Crippen MR) is 74.2 cm³/mol. The first kappa shape index (κ1) is 11.7. The van der Waals surface area contributed by atoms with Crippen molar-refractivity contribution < 1.29 is 9.53 Å². The van der Waals surface area contributed by atoms with Crippen molar-refractivity contribution in [1.29, 1.82) is 0 Å². The summed E-state index contributed by atoms with van der Waals surface area (Å²) in [5.41, 5.74) is 2.29. The Balaban J connectivity index is 2.14. The number of rotatable bonds is 2. The number of aromatic amines is 1. The lowest BCUT2D eigenvalue weighted by atomic mass is 10.1. The van der Waals surface area contributed by atoms with E-state index in [1.54, 1.807) is 12.3 Å². The number of H-pyrrole nitrogens is 1. The van der Waals surface area contributed by atoms with E-state index in [0.29, 0.717) is 5.69 Å². The second-order valence-electron chi connectivity index (χ2n) is 4.74. The van der Waals surface area contributed by atoms with Crippen molar-refractivity contribution in [2.75, 3.05) is 0 Å². The summed E-state index contributed by atoms with van der Waals surface area (Å²) in [4.78, 5) is 19.3. The van der Waals surface area contributed by atoms with E-state index in [1.165, 1.54) is 0 Å². The third-order valence-electron chi connectivity index (χ3n) is 2.94. The molecule has 2 aromatic heterocycles. The Morgan fingerprint density at radius 3 is 2.79 bits per heavy atom. The van der Waals surface area contributed by atoms with E-state index in [9.17, 15) is 4.79 Å². The molecule has 0 aliphatic carbocycles. The van der Waals surface area contributed by atoms with E-state index in [1.807, 2.05) is 38.1 Å². The van der Waals surface area contributed by atoms with Gasteiger partial charge in [-0.2, -0.15) is 0 Å². The first-order valence-corrected chi connectivity index (χ1v) is 6.22. The zero-order valence-corrected chi connectivity index (χ0v) is 10.8. The second-order valence-corrected chi connectivity index (χ2v) is 4.74. The summed E-state index contributed by atoms with van der Waals surface area (Å²) in [6.07, 6.45) is 1.53. The first-order chi connectivity index (χ1) is 9.15. The van der Waals surface area contributed by atoms with Gasteiger partial charge in [0.15, 0.2) is 0 Å². The predicted octanol–water partition coefficient (Wildman–Crippen LogP) is 3.28. The van der Waals surface area contributed by atoms with Crippen molar-refractivity contribution in [1.82, 2.24) is 9.97 Å². The Hall–Kier alpha value is -2.36. The lowest BCUT2D eigenvalue weighted by Crippen LogP contribution is -2.12. The summed E-state index contributed by atoms with van der Waals surface area (Å²) in [6.45, 7) is 3.64. The van der Waals surface area contributed by atoms with E-state index in [-0.39, 0.29) is 12.1 Å². The van der Waals surface area contributed by atoms with Crippen LogP contribution >= 0.6 is 0 Å². The van der Waals surface area contributed by atoms with Gasteiger partial charge in [-0.25, -0.2) is 9.78 Å². The molecule has 4 nitrogen and oxygen atoms in total. The van der Waals surface area contributed by atoms with Gasteiger partial charge in [0, 0.05) is 16.3 Å². The number of esters is 1. The fraction of sp³-hybridized carbons (Fsp3) is 0.200. The maximum Gasteiger partial charge on any atom is 0.357 e. The van der Waals surface area contributed by atoms with E-state index in [4.69, 9.17) is 4.74 Å². The zero-order valence-electron chi connectivity index (χ0n) is 10.8. The summed E-state index contributed by atoms with van der Waals surface area (Å²) >= 11 is 0. The lowest BCUT2D eigenvalue weighted by Gasteiger charge is -2.06. The fourth-order valence-corrected chi connectivity index (χ4v) is 2.14. The van der Waals surface area contributed by atoms with Crippen molar-refractivity contribution in [3.8, 4) is 0 Å². The maximum absolute atomic E-state index is 11.9. The summed E-state index contributed by atoms with van der Waals surface area (Å²) in [5.74, 6) is -0.387. The number of hydrogen-bond acceptors (Lipinski definition) is 3.